The molecule has 0 radical (unpaired) electrons. The van der Waals surface area contributed by atoms with Gasteiger partial charge in [0.15, 0.2) is 0 Å². The summed E-state index contributed by atoms with van der Waals surface area (Å²) in [5.74, 6) is -0.845. The predicted octanol–water partition coefficient (Wildman–Crippen LogP) is 2.60. The molecule has 2 aromatic rings. The summed E-state index contributed by atoms with van der Waals surface area (Å²) < 4.78 is 68.0. The highest BCUT2D eigenvalue weighted by Gasteiger charge is 2.34. The molecule has 0 aromatic heterocycles. The number of para-hydroxylation sites is 1. The Labute approximate surface area is 136 Å². The lowest BCUT2D eigenvalue weighted by atomic mass is 10.1. The van der Waals surface area contributed by atoms with E-state index in [-0.39, 0.29) is 0 Å². The van der Waals surface area contributed by atoms with E-state index in [1.165, 1.54) is 12.1 Å². The van der Waals surface area contributed by atoms with Crippen molar-refractivity contribution in [1.82, 2.24) is 4.72 Å². The number of sulfonamides is 1. The SMILES string of the molecule is O=S(=O)(N[C@@H](CO)c1ccccc1)c1ccccc1OC(F)(F)F. The lowest BCUT2D eigenvalue weighted by Gasteiger charge is -2.19. The molecule has 2 rings (SSSR count). The van der Waals surface area contributed by atoms with Crippen LogP contribution in [0.3, 0.4) is 0 Å². The fourth-order valence-electron chi connectivity index (χ4n) is 2.03. The van der Waals surface area contributed by atoms with Crippen LogP contribution in [0, 0.1) is 0 Å². The van der Waals surface area contributed by atoms with Crippen LogP contribution < -0.4 is 9.46 Å². The number of halogens is 3. The summed E-state index contributed by atoms with van der Waals surface area (Å²) in [4.78, 5) is -0.670. The van der Waals surface area contributed by atoms with Crippen molar-refractivity contribution in [1.29, 1.82) is 0 Å². The van der Waals surface area contributed by atoms with Crippen LogP contribution in [0.2, 0.25) is 0 Å². The number of ether oxygens (including phenoxy) is 1. The van der Waals surface area contributed by atoms with E-state index in [0.717, 1.165) is 12.1 Å². The Morgan fingerprint density at radius 1 is 1.04 bits per heavy atom. The molecule has 0 fully saturated rings. The van der Waals surface area contributed by atoms with E-state index in [9.17, 15) is 26.7 Å². The molecule has 0 spiro atoms. The maximum atomic E-state index is 12.4. The minimum Gasteiger partial charge on any atom is -0.404 e. The van der Waals surface area contributed by atoms with E-state index in [2.05, 4.69) is 9.46 Å². The lowest BCUT2D eigenvalue weighted by molar-refractivity contribution is -0.275. The Hall–Kier alpha value is -2.10. The van der Waals surface area contributed by atoms with Gasteiger partial charge in [-0.2, -0.15) is 0 Å². The average molecular weight is 361 g/mol. The van der Waals surface area contributed by atoms with Gasteiger partial charge in [-0.1, -0.05) is 42.5 Å². The zero-order valence-electron chi connectivity index (χ0n) is 12.2. The molecule has 0 aliphatic carbocycles. The molecular formula is C15H14F3NO4S. The summed E-state index contributed by atoms with van der Waals surface area (Å²) >= 11 is 0. The van der Waals surface area contributed by atoms with E-state index < -0.39 is 39.7 Å². The largest absolute Gasteiger partial charge is 0.573 e. The third kappa shape index (κ3) is 4.70. The van der Waals surface area contributed by atoms with Crippen LogP contribution in [0.1, 0.15) is 11.6 Å². The summed E-state index contributed by atoms with van der Waals surface area (Å²) in [5, 5.41) is 9.41. The Bertz CT molecular complexity index is 779. The van der Waals surface area contributed by atoms with Crippen LogP contribution in [-0.2, 0) is 10.0 Å². The Morgan fingerprint density at radius 2 is 1.62 bits per heavy atom. The van der Waals surface area contributed by atoms with Crippen LogP contribution in [-0.4, -0.2) is 26.5 Å². The number of alkyl halides is 3. The predicted molar refractivity (Wildman–Crippen MR) is 79.7 cm³/mol. The van der Waals surface area contributed by atoms with Crippen LogP contribution in [0.15, 0.2) is 59.5 Å². The van der Waals surface area contributed by atoms with Gasteiger partial charge in [-0.05, 0) is 17.7 Å². The second-order valence-electron chi connectivity index (χ2n) is 4.76. The number of benzene rings is 2. The maximum absolute atomic E-state index is 12.4. The van der Waals surface area contributed by atoms with Gasteiger partial charge in [0.05, 0.1) is 12.6 Å². The van der Waals surface area contributed by atoms with Crippen LogP contribution >= 0.6 is 0 Å². The summed E-state index contributed by atoms with van der Waals surface area (Å²) in [5.41, 5.74) is 0.470. The normalized spacial score (nSPS) is 13.5. The first-order chi connectivity index (χ1) is 11.2. The van der Waals surface area contributed by atoms with Gasteiger partial charge < -0.3 is 9.84 Å². The molecule has 0 bridgehead atoms. The van der Waals surface area contributed by atoms with E-state index in [1.807, 2.05) is 0 Å². The first kappa shape index (κ1) is 18.2. The maximum Gasteiger partial charge on any atom is 0.573 e. The van der Waals surface area contributed by atoms with Crippen molar-refractivity contribution < 1.29 is 31.4 Å². The molecule has 5 nitrogen and oxygen atoms in total. The van der Waals surface area contributed by atoms with Gasteiger partial charge in [-0.15, -0.1) is 13.2 Å². The molecule has 130 valence electrons. The molecular weight excluding hydrogens is 347 g/mol. The molecule has 9 heteroatoms. The Morgan fingerprint density at radius 3 is 2.21 bits per heavy atom. The first-order valence-electron chi connectivity index (χ1n) is 6.76. The topological polar surface area (TPSA) is 75.6 Å². The number of hydrogen-bond acceptors (Lipinski definition) is 4. The second kappa shape index (κ2) is 7.20. The monoisotopic (exact) mass is 361 g/mol. The third-order valence-electron chi connectivity index (χ3n) is 3.05. The van der Waals surface area contributed by atoms with E-state index in [0.29, 0.717) is 5.56 Å². The molecule has 0 unspecified atom stereocenters. The van der Waals surface area contributed by atoms with Gasteiger partial charge in [0.25, 0.3) is 0 Å². The van der Waals surface area contributed by atoms with E-state index in [4.69, 9.17) is 0 Å². The minimum absolute atomic E-state index is 0.470. The first-order valence-corrected chi connectivity index (χ1v) is 8.24. The molecule has 0 aliphatic heterocycles. The lowest BCUT2D eigenvalue weighted by Crippen LogP contribution is -2.31. The highest BCUT2D eigenvalue weighted by molar-refractivity contribution is 7.89. The van der Waals surface area contributed by atoms with Crippen molar-refractivity contribution in [2.24, 2.45) is 0 Å². The molecule has 0 saturated carbocycles. The van der Waals surface area contributed by atoms with Gasteiger partial charge in [-0.3, -0.25) is 0 Å². The van der Waals surface area contributed by atoms with Crippen molar-refractivity contribution in [2.45, 2.75) is 17.3 Å². The number of rotatable bonds is 6. The van der Waals surface area contributed by atoms with Gasteiger partial charge in [0.2, 0.25) is 10.0 Å². The third-order valence-corrected chi connectivity index (χ3v) is 4.56. The Kier molecular flexibility index (Phi) is 5.47. The molecule has 1 atom stereocenters. The molecule has 0 amide bonds. The molecule has 0 aliphatic rings. The fourth-order valence-corrected chi connectivity index (χ4v) is 3.37. The molecule has 2 N–H and O–H groups in total. The molecule has 0 heterocycles. The molecule has 24 heavy (non-hydrogen) atoms. The molecule has 2 aromatic carbocycles. The van der Waals surface area contributed by atoms with Gasteiger partial charge >= 0.3 is 6.36 Å². The zero-order valence-corrected chi connectivity index (χ0v) is 13.0. The van der Waals surface area contributed by atoms with E-state index in [1.54, 1.807) is 30.3 Å². The van der Waals surface area contributed by atoms with Crippen LogP contribution in [0.5, 0.6) is 5.75 Å². The molecule has 0 saturated heterocycles. The van der Waals surface area contributed by atoms with Crippen molar-refractivity contribution in [3.05, 3.63) is 60.2 Å². The van der Waals surface area contributed by atoms with Crippen molar-refractivity contribution in [2.75, 3.05) is 6.61 Å². The average Bonchev–Trinajstić information content (AvgIpc) is 2.52. The summed E-state index contributed by atoms with van der Waals surface area (Å²) in [6.07, 6.45) is -5.03. The standard InChI is InChI=1S/C15H14F3NO4S/c16-15(17,18)23-13-8-4-5-9-14(13)24(21,22)19-12(10-20)11-6-2-1-3-7-11/h1-9,12,19-20H,10H2/t12-/m0/s1. The Balaban J connectivity index is 2.34. The van der Waals surface area contributed by atoms with Gasteiger partial charge in [-0.25, -0.2) is 13.1 Å². The second-order valence-corrected chi connectivity index (χ2v) is 6.44. The van der Waals surface area contributed by atoms with Crippen molar-refractivity contribution in [3.63, 3.8) is 0 Å². The smallest absolute Gasteiger partial charge is 0.404 e. The van der Waals surface area contributed by atoms with Crippen LogP contribution in [0.25, 0.3) is 0 Å². The number of hydrogen-bond donors (Lipinski definition) is 2. The van der Waals surface area contributed by atoms with Gasteiger partial charge in [0, 0.05) is 0 Å². The summed E-state index contributed by atoms with van der Waals surface area (Å²) in [6.45, 7) is -0.564. The fraction of sp³-hybridized carbons (Fsp3) is 0.200. The van der Waals surface area contributed by atoms with Gasteiger partial charge in [0.1, 0.15) is 10.6 Å². The number of aliphatic hydroxyl groups excluding tert-OH is 1. The van der Waals surface area contributed by atoms with Crippen molar-refractivity contribution >= 4 is 10.0 Å². The number of aliphatic hydroxyl groups is 1. The van der Waals surface area contributed by atoms with Crippen molar-refractivity contribution in [3.8, 4) is 5.75 Å². The van der Waals surface area contributed by atoms with E-state index >= 15 is 0 Å². The summed E-state index contributed by atoms with van der Waals surface area (Å²) in [6, 6.07) is 11.5. The number of nitrogens with one attached hydrogen (secondary N) is 1. The summed E-state index contributed by atoms with van der Waals surface area (Å²) in [7, 11) is -4.36. The van der Waals surface area contributed by atoms with Crippen LogP contribution in [0.4, 0.5) is 13.2 Å². The zero-order chi connectivity index (χ0) is 17.8. The quantitative estimate of drug-likeness (QED) is 0.829. The highest BCUT2D eigenvalue weighted by atomic mass is 32.2. The minimum atomic E-state index is -5.03. The highest BCUT2D eigenvalue weighted by Crippen LogP contribution is 2.30.